The zero-order valence-corrected chi connectivity index (χ0v) is 11.6. The Morgan fingerprint density at radius 2 is 1.76 bits per heavy atom. The number of carbonyl (C=O) groups excluding carboxylic acids is 1. The van der Waals surface area contributed by atoms with Crippen molar-refractivity contribution in [1.82, 2.24) is 4.72 Å². The van der Waals surface area contributed by atoms with Gasteiger partial charge < -0.3 is 5.32 Å². The summed E-state index contributed by atoms with van der Waals surface area (Å²) >= 11 is 0. The van der Waals surface area contributed by atoms with Crippen molar-refractivity contribution >= 4 is 21.6 Å². The monoisotopic (exact) mass is 328 g/mol. The van der Waals surface area contributed by atoms with Gasteiger partial charge in [-0.25, -0.2) is 21.9 Å². The molecular weight excluding hydrogens is 316 g/mol. The Morgan fingerprint density at radius 3 is 2.19 bits per heavy atom. The Bertz CT molecular complexity index is 602. The molecule has 21 heavy (non-hydrogen) atoms. The Hall–Kier alpha value is -1.68. The first-order valence-electron chi connectivity index (χ1n) is 5.68. The number of halogens is 4. The molecule has 10 heteroatoms. The molecule has 0 spiro atoms. The molecule has 2 N–H and O–H groups in total. The molecule has 1 amide bonds. The lowest BCUT2D eigenvalue weighted by Gasteiger charge is -2.15. The second kappa shape index (κ2) is 6.39. The maximum absolute atomic E-state index is 12.7. The van der Waals surface area contributed by atoms with E-state index in [0.29, 0.717) is 0 Å². The standard InChI is InChI=1S/C11H12F4N2O3S/c1-2-16-21(19,20)8-5-3-7(4-6-8)17-10(18)11(14,15)9(12)13/h3-6,9,16H,2H2,1H3,(H,17,18). The molecule has 0 bridgehead atoms. The van der Waals surface area contributed by atoms with Gasteiger partial charge in [-0.05, 0) is 24.3 Å². The summed E-state index contributed by atoms with van der Waals surface area (Å²) in [6, 6.07) is 4.13. The number of hydrogen-bond donors (Lipinski definition) is 2. The summed E-state index contributed by atoms with van der Waals surface area (Å²) in [5, 5.41) is 1.59. The summed E-state index contributed by atoms with van der Waals surface area (Å²) in [4.78, 5) is 10.8. The fourth-order valence-corrected chi connectivity index (χ4v) is 2.35. The average molecular weight is 328 g/mol. The smallest absolute Gasteiger partial charge is 0.321 e. The normalized spacial score (nSPS) is 12.5. The molecule has 0 saturated heterocycles. The Labute approximate surface area is 118 Å². The number of alkyl halides is 4. The lowest BCUT2D eigenvalue weighted by atomic mass is 10.3. The van der Waals surface area contributed by atoms with Crippen LogP contribution in [0.2, 0.25) is 0 Å². The second-order valence-electron chi connectivity index (χ2n) is 3.90. The Kier molecular flexibility index (Phi) is 5.29. The number of sulfonamides is 1. The molecule has 0 atom stereocenters. The fourth-order valence-electron chi connectivity index (χ4n) is 1.30. The highest BCUT2D eigenvalue weighted by Gasteiger charge is 2.48. The minimum atomic E-state index is -4.82. The Balaban J connectivity index is 2.88. The molecule has 0 fully saturated rings. The van der Waals surface area contributed by atoms with Crippen LogP contribution in [0.15, 0.2) is 29.2 Å². The van der Waals surface area contributed by atoms with E-state index in [1.54, 1.807) is 12.2 Å². The van der Waals surface area contributed by atoms with Gasteiger partial charge in [0.1, 0.15) is 0 Å². The van der Waals surface area contributed by atoms with E-state index in [1.807, 2.05) is 0 Å². The van der Waals surface area contributed by atoms with Crippen LogP contribution in [0.1, 0.15) is 6.92 Å². The molecule has 118 valence electrons. The maximum Gasteiger partial charge on any atom is 0.383 e. The van der Waals surface area contributed by atoms with Gasteiger partial charge in [0.05, 0.1) is 4.90 Å². The van der Waals surface area contributed by atoms with Gasteiger partial charge in [-0.3, -0.25) is 4.79 Å². The number of anilines is 1. The first-order valence-corrected chi connectivity index (χ1v) is 7.16. The quantitative estimate of drug-likeness (QED) is 0.782. The third-order valence-electron chi connectivity index (χ3n) is 2.33. The minimum Gasteiger partial charge on any atom is -0.321 e. The van der Waals surface area contributed by atoms with Crippen LogP contribution in [0.3, 0.4) is 0 Å². The molecule has 0 aliphatic heterocycles. The number of benzene rings is 1. The topological polar surface area (TPSA) is 75.3 Å². The third-order valence-corrected chi connectivity index (χ3v) is 3.90. The van der Waals surface area contributed by atoms with Crippen molar-refractivity contribution in [2.24, 2.45) is 0 Å². The average Bonchev–Trinajstić information content (AvgIpc) is 2.39. The molecule has 1 aromatic rings. The van der Waals surface area contributed by atoms with Crippen LogP contribution in [0.4, 0.5) is 23.2 Å². The summed E-state index contributed by atoms with van der Waals surface area (Å²) in [6.07, 6.45) is -4.13. The molecule has 0 heterocycles. The van der Waals surface area contributed by atoms with Crippen LogP contribution in [-0.2, 0) is 14.8 Å². The van der Waals surface area contributed by atoms with Crippen molar-refractivity contribution in [1.29, 1.82) is 0 Å². The predicted octanol–water partition coefficient (Wildman–Crippen LogP) is 1.82. The number of rotatable bonds is 6. The van der Waals surface area contributed by atoms with E-state index in [4.69, 9.17) is 0 Å². The molecule has 0 aliphatic carbocycles. The largest absolute Gasteiger partial charge is 0.383 e. The van der Waals surface area contributed by atoms with Crippen molar-refractivity contribution in [3.8, 4) is 0 Å². The molecule has 0 radical (unpaired) electrons. The zero-order chi connectivity index (χ0) is 16.3. The molecule has 0 saturated carbocycles. The highest BCUT2D eigenvalue weighted by Crippen LogP contribution is 2.25. The van der Waals surface area contributed by atoms with Gasteiger partial charge in [-0.2, -0.15) is 8.78 Å². The molecule has 1 rings (SSSR count). The van der Waals surface area contributed by atoms with E-state index in [1.165, 1.54) is 0 Å². The fraction of sp³-hybridized carbons (Fsp3) is 0.364. The molecule has 0 aliphatic rings. The van der Waals surface area contributed by atoms with Crippen LogP contribution in [0, 0.1) is 0 Å². The summed E-state index contributed by atoms with van der Waals surface area (Å²) < 4.78 is 74.8. The van der Waals surface area contributed by atoms with E-state index in [2.05, 4.69) is 4.72 Å². The van der Waals surface area contributed by atoms with E-state index in [0.717, 1.165) is 24.3 Å². The predicted molar refractivity (Wildman–Crippen MR) is 66.9 cm³/mol. The van der Waals surface area contributed by atoms with Crippen LogP contribution < -0.4 is 10.0 Å². The maximum atomic E-state index is 12.7. The van der Waals surface area contributed by atoms with Crippen molar-refractivity contribution in [3.05, 3.63) is 24.3 Å². The van der Waals surface area contributed by atoms with E-state index in [-0.39, 0.29) is 17.1 Å². The van der Waals surface area contributed by atoms with Crippen molar-refractivity contribution in [2.45, 2.75) is 24.2 Å². The first kappa shape index (κ1) is 17.4. The van der Waals surface area contributed by atoms with Crippen LogP contribution in [0.25, 0.3) is 0 Å². The van der Waals surface area contributed by atoms with Gasteiger partial charge in [0.15, 0.2) is 0 Å². The molecule has 1 aromatic carbocycles. The van der Waals surface area contributed by atoms with Gasteiger partial charge in [-0.1, -0.05) is 6.92 Å². The van der Waals surface area contributed by atoms with Crippen LogP contribution in [0.5, 0.6) is 0 Å². The molecule has 0 aromatic heterocycles. The van der Waals surface area contributed by atoms with Gasteiger partial charge in [-0.15, -0.1) is 0 Å². The summed E-state index contributed by atoms with van der Waals surface area (Å²) in [5.74, 6) is -6.99. The van der Waals surface area contributed by atoms with Crippen molar-refractivity contribution in [3.63, 3.8) is 0 Å². The highest BCUT2D eigenvalue weighted by atomic mass is 32.2. The van der Waals surface area contributed by atoms with Gasteiger partial charge >= 0.3 is 18.3 Å². The van der Waals surface area contributed by atoms with Crippen LogP contribution in [-0.4, -0.2) is 33.2 Å². The van der Waals surface area contributed by atoms with Gasteiger partial charge in [0.2, 0.25) is 10.0 Å². The second-order valence-corrected chi connectivity index (χ2v) is 5.67. The third kappa shape index (κ3) is 4.14. The number of amides is 1. The first-order chi connectivity index (χ1) is 9.61. The SMILES string of the molecule is CCNS(=O)(=O)c1ccc(NC(=O)C(F)(F)C(F)F)cc1. The minimum absolute atomic E-state index is 0.150. The van der Waals surface area contributed by atoms with Gasteiger partial charge in [0, 0.05) is 12.2 Å². The van der Waals surface area contributed by atoms with Crippen molar-refractivity contribution in [2.75, 3.05) is 11.9 Å². The van der Waals surface area contributed by atoms with E-state index in [9.17, 15) is 30.8 Å². The summed E-state index contributed by atoms with van der Waals surface area (Å²) in [5.41, 5.74) is -0.226. The summed E-state index contributed by atoms with van der Waals surface area (Å²) in [7, 11) is -3.73. The lowest BCUT2D eigenvalue weighted by molar-refractivity contribution is -0.163. The van der Waals surface area contributed by atoms with E-state index < -0.39 is 28.3 Å². The molecular formula is C11H12F4N2O3S. The van der Waals surface area contributed by atoms with Gasteiger partial charge in [0.25, 0.3) is 0 Å². The number of nitrogens with one attached hydrogen (secondary N) is 2. The van der Waals surface area contributed by atoms with Crippen LogP contribution >= 0.6 is 0 Å². The number of hydrogen-bond acceptors (Lipinski definition) is 3. The molecule has 5 nitrogen and oxygen atoms in total. The van der Waals surface area contributed by atoms with Crippen molar-refractivity contribution < 1.29 is 30.8 Å². The molecule has 0 unspecified atom stereocenters. The van der Waals surface area contributed by atoms with E-state index >= 15 is 0 Å². The highest BCUT2D eigenvalue weighted by molar-refractivity contribution is 7.89. The summed E-state index contributed by atoms with van der Waals surface area (Å²) in [6.45, 7) is 1.72. The lowest BCUT2D eigenvalue weighted by Crippen LogP contribution is -2.40. The number of carbonyl (C=O) groups is 1. The zero-order valence-electron chi connectivity index (χ0n) is 10.7. The Morgan fingerprint density at radius 1 is 1.24 bits per heavy atom.